The average molecular weight is 315 g/mol. The number of rotatable bonds is 3. The first-order valence-corrected chi connectivity index (χ1v) is 7.40. The van der Waals surface area contributed by atoms with Gasteiger partial charge in [-0.15, -0.1) is 0 Å². The zero-order valence-electron chi connectivity index (χ0n) is 13.9. The number of carbonyl (C=O) groups excluding carboxylic acids is 3. The first kappa shape index (κ1) is 18.3. The Hall–Kier alpha value is -1.79. The number of likely N-dealkylation sites (tertiary alicyclic amines) is 1. The topological polar surface area (TPSA) is 82.1 Å². The van der Waals surface area contributed by atoms with Crippen molar-refractivity contribution in [3.8, 4) is 0 Å². The van der Waals surface area contributed by atoms with Crippen molar-refractivity contribution in [3.63, 3.8) is 0 Å². The summed E-state index contributed by atoms with van der Waals surface area (Å²) in [7, 11) is 1.22. The summed E-state index contributed by atoms with van der Waals surface area (Å²) in [6.07, 6.45) is 0.232. The van der Waals surface area contributed by atoms with Crippen LogP contribution >= 0.6 is 0 Å². The van der Waals surface area contributed by atoms with Gasteiger partial charge in [-0.1, -0.05) is 0 Å². The molecular weight excluding hydrogens is 290 g/mol. The largest absolute Gasteiger partial charge is 0.468 e. The van der Waals surface area contributed by atoms with Crippen molar-refractivity contribution < 1.29 is 28.6 Å². The number of hydrogen-bond donors (Lipinski definition) is 0. The highest BCUT2D eigenvalue weighted by Crippen LogP contribution is 2.33. The fourth-order valence-corrected chi connectivity index (χ4v) is 2.42. The minimum absolute atomic E-state index is 0.0899. The monoisotopic (exact) mass is 315 g/mol. The van der Waals surface area contributed by atoms with Gasteiger partial charge < -0.3 is 19.1 Å². The summed E-state index contributed by atoms with van der Waals surface area (Å²) in [6.45, 7) is 7.43. The van der Waals surface area contributed by atoms with Gasteiger partial charge in [-0.3, -0.25) is 9.59 Å². The third-order valence-corrected chi connectivity index (χ3v) is 3.39. The second kappa shape index (κ2) is 6.98. The molecular formula is C15H25NO6. The van der Waals surface area contributed by atoms with Gasteiger partial charge in [0, 0.05) is 6.54 Å². The molecule has 0 saturated carbocycles. The number of carbonyl (C=O) groups is 3. The van der Waals surface area contributed by atoms with Crippen molar-refractivity contribution in [2.45, 2.75) is 46.1 Å². The van der Waals surface area contributed by atoms with Crippen LogP contribution < -0.4 is 0 Å². The molecule has 0 aromatic rings. The van der Waals surface area contributed by atoms with E-state index in [1.165, 1.54) is 12.0 Å². The smallest absolute Gasteiger partial charge is 0.410 e. The average Bonchev–Trinajstić information content (AvgIpc) is 2.44. The van der Waals surface area contributed by atoms with Crippen LogP contribution in [0.25, 0.3) is 0 Å². The molecule has 1 amide bonds. The predicted molar refractivity (Wildman–Crippen MR) is 78.1 cm³/mol. The van der Waals surface area contributed by atoms with Crippen LogP contribution in [0.2, 0.25) is 0 Å². The van der Waals surface area contributed by atoms with Crippen LogP contribution in [0.15, 0.2) is 0 Å². The van der Waals surface area contributed by atoms with E-state index in [-0.39, 0.29) is 19.6 Å². The summed E-state index contributed by atoms with van der Waals surface area (Å²) in [5.74, 6) is -1.34. The van der Waals surface area contributed by atoms with Gasteiger partial charge in [-0.25, -0.2) is 4.79 Å². The number of methoxy groups -OCH3 is 1. The molecule has 1 heterocycles. The molecule has 22 heavy (non-hydrogen) atoms. The van der Waals surface area contributed by atoms with E-state index in [1.807, 2.05) is 0 Å². The van der Waals surface area contributed by atoms with E-state index in [4.69, 9.17) is 14.2 Å². The quantitative estimate of drug-likeness (QED) is 0.448. The number of ether oxygens (including phenoxy) is 3. The van der Waals surface area contributed by atoms with Crippen LogP contribution in [0, 0.1) is 5.41 Å². The van der Waals surface area contributed by atoms with Crippen LogP contribution in [-0.4, -0.2) is 55.3 Å². The van der Waals surface area contributed by atoms with Crippen LogP contribution in [0.1, 0.15) is 40.5 Å². The molecule has 0 aromatic heterocycles. The third kappa shape index (κ3) is 4.11. The van der Waals surface area contributed by atoms with Crippen LogP contribution in [0.5, 0.6) is 0 Å². The zero-order chi connectivity index (χ0) is 17.0. The normalized spacial score (nSPS) is 22.0. The lowest BCUT2D eigenvalue weighted by atomic mass is 9.80. The fraction of sp³-hybridized carbons (Fsp3) is 0.800. The van der Waals surface area contributed by atoms with Gasteiger partial charge in [0.1, 0.15) is 5.60 Å². The molecule has 1 atom stereocenters. The molecule has 0 spiro atoms. The van der Waals surface area contributed by atoms with Crippen molar-refractivity contribution in [2.24, 2.45) is 5.41 Å². The van der Waals surface area contributed by atoms with Gasteiger partial charge in [0.25, 0.3) is 0 Å². The van der Waals surface area contributed by atoms with E-state index >= 15 is 0 Å². The molecule has 1 saturated heterocycles. The fourth-order valence-electron chi connectivity index (χ4n) is 2.42. The summed E-state index contributed by atoms with van der Waals surface area (Å²) in [5, 5.41) is 0. The Labute approximate surface area is 130 Å². The standard InChI is InChI=1S/C15H25NO6/c1-6-21-12(18)15(11(17)20-5)8-7-9-16(10-15)13(19)22-14(2,3)4/h6-10H2,1-5H3/t15-/m1/s1. The number of piperidine rings is 1. The van der Waals surface area contributed by atoms with E-state index in [0.717, 1.165) is 0 Å². The van der Waals surface area contributed by atoms with Gasteiger partial charge in [0.15, 0.2) is 5.41 Å². The summed E-state index contributed by atoms with van der Waals surface area (Å²) in [4.78, 5) is 38.0. The number of hydrogen-bond acceptors (Lipinski definition) is 6. The van der Waals surface area contributed by atoms with Gasteiger partial charge in [-0.2, -0.15) is 0 Å². The van der Waals surface area contributed by atoms with Crippen molar-refractivity contribution in [2.75, 3.05) is 26.8 Å². The van der Waals surface area contributed by atoms with E-state index in [0.29, 0.717) is 13.0 Å². The maximum absolute atomic E-state index is 12.3. The van der Waals surface area contributed by atoms with Crippen molar-refractivity contribution in [1.82, 2.24) is 4.90 Å². The molecule has 126 valence electrons. The minimum Gasteiger partial charge on any atom is -0.468 e. The molecule has 0 aliphatic carbocycles. The Kier molecular flexibility index (Phi) is 5.79. The predicted octanol–water partition coefficient (Wildman–Crippen LogP) is 1.74. The minimum atomic E-state index is -1.47. The van der Waals surface area contributed by atoms with Crippen molar-refractivity contribution in [3.05, 3.63) is 0 Å². The second-order valence-corrected chi connectivity index (χ2v) is 6.30. The molecule has 1 aliphatic heterocycles. The Morgan fingerprint density at radius 2 is 1.82 bits per heavy atom. The molecule has 1 aliphatic rings. The van der Waals surface area contributed by atoms with E-state index in [9.17, 15) is 14.4 Å². The van der Waals surface area contributed by atoms with Crippen LogP contribution in [-0.2, 0) is 23.8 Å². The summed E-state index contributed by atoms with van der Waals surface area (Å²) >= 11 is 0. The van der Waals surface area contributed by atoms with Gasteiger partial charge in [0.2, 0.25) is 0 Å². The molecule has 1 rings (SSSR count). The van der Waals surface area contributed by atoms with Crippen molar-refractivity contribution >= 4 is 18.0 Å². The Morgan fingerprint density at radius 1 is 1.18 bits per heavy atom. The summed E-state index contributed by atoms with van der Waals surface area (Å²) in [5.41, 5.74) is -2.12. The zero-order valence-corrected chi connectivity index (χ0v) is 13.9. The Balaban J connectivity index is 2.97. The van der Waals surface area contributed by atoms with E-state index in [2.05, 4.69) is 0 Å². The lowest BCUT2D eigenvalue weighted by Crippen LogP contribution is -2.55. The van der Waals surface area contributed by atoms with Crippen molar-refractivity contribution in [1.29, 1.82) is 0 Å². The number of amides is 1. The number of nitrogens with zero attached hydrogens (tertiary/aromatic N) is 1. The third-order valence-electron chi connectivity index (χ3n) is 3.39. The highest BCUT2D eigenvalue weighted by Gasteiger charge is 2.52. The van der Waals surface area contributed by atoms with Gasteiger partial charge in [0.05, 0.1) is 20.3 Å². The molecule has 7 heteroatoms. The molecule has 0 aromatic carbocycles. The van der Waals surface area contributed by atoms with E-state index in [1.54, 1.807) is 27.7 Å². The molecule has 0 bridgehead atoms. The maximum atomic E-state index is 12.3. The SMILES string of the molecule is CCOC(=O)[C@]1(C(=O)OC)CCCN(C(=O)OC(C)(C)C)C1. The van der Waals surface area contributed by atoms with Gasteiger partial charge in [-0.05, 0) is 40.5 Å². The first-order valence-electron chi connectivity index (χ1n) is 7.40. The van der Waals surface area contributed by atoms with E-state index < -0.39 is 29.0 Å². The lowest BCUT2D eigenvalue weighted by Gasteiger charge is -2.39. The molecule has 0 N–H and O–H groups in total. The van der Waals surface area contributed by atoms with Crippen LogP contribution in [0.4, 0.5) is 4.79 Å². The Bertz CT molecular complexity index is 442. The van der Waals surface area contributed by atoms with Gasteiger partial charge >= 0.3 is 18.0 Å². The first-order chi connectivity index (χ1) is 10.2. The summed E-state index contributed by atoms with van der Waals surface area (Å²) < 4.78 is 15.1. The molecule has 0 radical (unpaired) electrons. The number of esters is 2. The molecule has 0 unspecified atom stereocenters. The highest BCUT2D eigenvalue weighted by molar-refractivity contribution is 6.00. The lowest BCUT2D eigenvalue weighted by molar-refractivity contribution is -0.174. The second-order valence-electron chi connectivity index (χ2n) is 6.30. The van der Waals surface area contributed by atoms with Crippen LogP contribution in [0.3, 0.4) is 0 Å². The molecule has 7 nitrogen and oxygen atoms in total. The highest BCUT2D eigenvalue weighted by atomic mass is 16.6. The Morgan fingerprint density at radius 3 is 2.32 bits per heavy atom. The maximum Gasteiger partial charge on any atom is 0.410 e. The molecule has 1 fully saturated rings. The summed E-state index contributed by atoms with van der Waals surface area (Å²) in [6, 6.07) is 0.